The van der Waals surface area contributed by atoms with Crippen molar-refractivity contribution in [3.63, 3.8) is 0 Å². The summed E-state index contributed by atoms with van der Waals surface area (Å²) in [6.45, 7) is 6.56. The minimum Gasteiger partial charge on any atom is -0.462 e. The zero-order valence-corrected chi connectivity index (χ0v) is 20.4. The Hall–Kier alpha value is -1.22. The van der Waals surface area contributed by atoms with Crippen LogP contribution in [-0.2, 0) is 23.8 Å². The first-order chi connectivity index (χ1) is 16.0. The average Bonchev–Trinajstić information content (AvgIpc) is 3.34. The molecule has 0 radical (unpaired) electrons. The van der Waals surface area contributed by atoms with E-state index in [9.17, 15) is 9.59 Å². The van der Waals surface area contributed by atoms with Gasteiger partial charge >= 0.3 is 5.97 Å². The summed E-state index contributed by atoms with van der Waals surface area (Å²) in [5.41, 5.74) is 0. The second-order valence-electron chi connectivity index (χ2n) is 10.5. The number of carbonyl (C=O) groups excluding carboxylic acids is 2. The van der Waals surface area contributed by atoms with Crippen molar-refractivity contribution in [1.82, 2.24) is 15.5 Å². The van der Waals surface area contributed by atoms with Gasteiger partial charge in [0.2, 0.25) is 5.91 Å². The Bertz CT molecular complexity index is 648. The molecule has 188 valence electrons. The van der Waals surface area contributed by atoms with Gasteiger partial charge < -0.3 is 24.8 Å². The van der Waals surface area contributed by atoms with Crippen molar-refractivity contribution in [1.29, 1.82) is 0 Å². The van der Waals surface area contributed by atoms with E-state index in [1.165, 1.54) is 0 Å². The molecule has 5 atom stereocenters. The van der Waals surface area contributed by atoms with Crippen LogP contribution < -0.4 is 10.6 Å². The lowest BCUT2D eigenvalue weighted by atomic mass is 9.65. The van der Waals surface area contributed by atoms with Crippen molar-refractivity contribution < 1.29 is 23.8 Å². The van der Waals surface area contributed by atoms with Gasteiger partial charge in [-0.2, -0.15) is 0 Å². The normalized spacial score (nSPS) is 36.1. The van der Waals surface area contributed by atoms with E-state index >= 15 is 0 Å². The fourth-order valence-electron chi connectivity index (χ4n) is 6.45. The van der Waals surface area contributed by atoms with Gasteiger partial charge in [0.15, 0.2) is 0 Å². The summed E-state index contributed by atoms with van der Waals surface area (Å²) in [5.74, 6) is 1.33. The maximum Gasteiger partial charge on any atom is 0.306 e. The van der Waals surface area contributed by atoms with Crippen molar-refractivity contribution >= 4 is 11.9 Å². The van der Waals surface area contributed by atoms with Gasteiger partial charge in [-0.15, -0.1) is 0 Å². The van der Waals surface area contributed by atoms with E-state index in [4.69, 9.17) is 14.2 Å². The molecule has 4 aliphatic rings. The summed E-state index contributed by atoms with van der Waals surface area (Å²) < 4.78 is 17.5. The molecule has 0 spiro atoms. The molecule has 33 heavy (non-hydrogen) atoms. The number of hydrogen-bond acceptors (Lipinski definition) is 7. The van der Waals surface area contributed by atoms with E-state index in [0.717, 1.165) is 71.2 Å². The Morgan fingerprint density at radius 2 is 1.97 bits per heavy atom. The molecule has 2 aliphatic heterocycles. The summed E-state index contributed by atoms with van der Waals surface area (Å²) >= 11 is 0. The summed E-state index contributed by atoms with van der Waals surface area (Å²) in [6, 6.07) is 0. The highest BCUT2D eigenvalue weighted by atomic mass is 16.6. The Labute approximate surface area is 198 Å². The van der Waals surface area contributed by atoms with E-state index in [2.05, 4.69) is 15.5 Å². The van der Waals surface area contributed by atoms with Crippen LogP contribution in [0.4, 0.5) is 0 Å². The minimum atomic E-state index is -0.487. The van der Waals surface area contributed by atoms with Gasteiger partial charge in [0.25, 0.3) is 0 Å². The topological polar surface area (TPSA) is 89.1 Å². The van der Waals surface area contributed by atoms with Gasteiger partial charge in [0, 0.05) is 52.8 Å². The maximum atomic E-state index is 12.5. The number of methoxy groups -OCH3 is 1. The van der Waals surface area contributed by atoms with Crippen LogP contribution in [0.1, 0.15) is 64.7 Å². The van der Waals surface area contributed by atoms with Crippen molar-refractivity contribution in [3.8, 4) is 0 Å². The molecule has 2 aliphatic carbocycles. The molecule has 2 heterocycles. The van der Waals surface area contributed by atoms with E-state index in [-0.39, 0.29) is 24.1 Å². The number of carbonyl (C=O) groups is 2. The lowest BCUT2D eigenvalue weighted by Crippen LogP contribution is -2.48. The van der Waals surface area contributed by atoms with Crippen molar-refractivity contribution in [3.05, 3.63) is 0 Å². The highest BCUT2D eigenvalue weighted by Gasteiger charge is 2.46. The zero-order chi connectivity index (χ0) is 23.2. The van der Waals surface area contributed by atoms with Crippen LogP contribution >= 0.6 is 0 Å². The van der Waals surface area contributed by atoms with Crippen LogP contribution in [0.2, 0.25) is 0 Å². The van der Waals surface area contributed by atoms with E-state index in [1.807, 2.05) is 6.92 Å². The molecular formula is C25H43N3O5. The van der Waals surface area contributed by atoms with Crippen LogP contribution in [0.25, 0.3) is 0 Å². The van der Waals surface area contributed by atoms with Gasteiger partial charge in [-0.25, -0.2) is 0 Å². The Morgan fingerprint density at radius 3 is 2.70 bits per heavy atom. The summed E-state index contributed by atoms with van der Waals surface area (Å²) in [7, 11) is 1.80. The lowest BCUT2D eigenvalue weighted by Gasteiger charge is -2.46. The van der Waals surface area contributed by atoms with Crippen molar-refractivity contribution in [2.24, 2.45) is 17.8 Å². The van der Waals surface area contributed by atoms with Crippen LogP contribution in [0.15, 0.2) is 0 Å². The van der Waals surface area contributed by atoms with Gasteiger partial charge in [-0.3, -0.25) is 14.5 Å². The summed E-state index contributed by atoms with van der Waals surface area (Å²) in [5, 5.41) is 6.33. The van der Waals surface area contributed by atoms with E-state index < -0.39 is 6.10 Å². The average molecular weight is 466 g/mol. The molecule has 8 heteroatoms. The van der Waals surface area contributed by atoms with Crippen molar-refractivity contribution in [2.75, 3.05) is 40.0 Å². The number of fused-ring (bicyclic) bond motifs is 1. The molecule has 0 aromatic rings. The van der Waals surface area contributed by atoms with Gasteiger partial charge in [-0.05, 0) is 69.6 Å². The summed E-state index contributed by atoms with van der Waals surface area (Å²) in [4.78, 5) is 27.3. The monoisotopic (exact) mass is 465 g/mol. The van der Waals surface area contributed by atoms with E-state index in [1.54, 1.807) is 7.11 Å². The fraction of sp³-hybridized carbons (Fsp3) is 0.920. The second kappa shape index (κ2) is 12.0. The molecule has 4 rings (SSSR count). The first kappa shape index (κ1) is 24.9. The smallest absolute Gasteiger partial charge is 0.306 e. The molecule has 2 N–H and O–H groups in total. The molecule has 4 fully saturated rings. The number of esters is 1. The predicted octanol–water partition coefficient (Wildman–Crippen LogP) is 2.07. The van der Waals surface area contributed by atoms with Crippen molar-refractivity contribution in [2.45, 2.75) is 89.1 Å². The van der Waals surface area contributed by atoms with E-state index in [0.29, 0.717) is 43.2 Å². The molecule has 8 nitrogen and oxygen atoms in total. The maximum absolute atomic E-state index is 12.5. The Morgan fingerprint density at radius 1 is 1.18 bits per heavy atom. The largest absolute Gasteiger partial charge is 0.462 e. The minimum absolute atomic E-state index is 0.0292. The third-order valence-corrected chi connectivity index (χ3v) is 8.34. The third kappa shape index (κ3) is 6.68. The molecule has 0 aromatic carbocycles. The Balaban J connectivity index is 1.20. The number of rotatable bonds is 9. The number of amides is 1. The number of nitrogens with one attached hydrogen (secondary N) is 2. The molecule has 0 aromatic heterocycles. The van der Waals surface area contributed by atoms with Gasteiger partial charge in [0.1, 0.15) is 12.2 Å². The number of ether oxygens (including phenoxy) is 3. The molecule has 2 saturated carbocycles. The Kier molecular flexibility index (Phi) is 9.02. The van der Waals surface area contributed by atoms with Crippen LogP contribution in [-0.4, -0.2) is 81.1 Å². The molecule has 1 amide bonds. The van der Waals surface area contributed by atoms with Crippen LogP contribution in [0.5, 0.6) is 0 Å². The first-order valence-corrected chi connectivity index (χ1v) is 13.1. The first-order valence-electron chi connectivity index (χ1n) is 13.1. The molecule has 4 unspecified atom stereocenters. The molecule has 0 bridgehead atoms. The number of hydrogen-bond donors (Lipinski definition) is 2. The molecular weight excluding hydrogens is 422 g/mol. The summed E-state index contributed by atoms with van der Waals surface area (Å²) in [6.07, 6.45) is 8.42. The predicted molar refractivity (Wildman–Crippen MR) is 124 cm³/mol. The lowest BCUT2D eigenvalue weighted by molar-refractivity contribution is -0.178. The SMILES string of the molecule is COC1CCC(C2CC(=O)OC3CC(O[C@H](C)C(=O)NCCCN4CCNC4)CCC32)CC1. The van der Waals surface area contributed by atoms with Gasteiger partial charge in [0.05, 0.1) is 12.2 Å². The highest BCUT2D eigenvalue weighted by Crippen LogP contribution is 2.46. The van der Waals surface area contributed by atoms with Crippen LogP contribution in [0.3, 0.4) is 0 Å². The third-order valence-electron chi connectivity index (χ3n) is 8.34. The molecule has 2 saturated heterocycles. The highest BCUT2D eigenvalue weighted by molar-refractivity contribution is 5.80. The van der Waals surface area contributed by atoms with Gasteiger partial charge in [-0.1, -0.05) is 0 Å². The zero-order valence-electron chi connectivity index (χ0n) is 20.4. The standard InChI is InChI=1S/C25H43N3O5/c1-17(25(30)27-10-3-12-28-13-11-26-16-28)32-20-8-9-21-22(15-24(29)33-23(21)14-20)18-4-6-19(31-2)7-5-18/h17-23,26H,3-16H2,1-2H3,(H,27,30)/t17-,18?,19?,20?,21?,22?,23?/m1/s1. The second-order valence-corrected chi connectivity index (χ2v) is 10.5. The quantitative estimate of drug-likeness (QED) is 0.398. The number of nitrogens with zero attached hydrogens (tertiary/aromatic N) is 1. The van der Waals surface area contributed by atoms with Crippen LogP contribution in [0, 0.1) is 17.8 Å². The fourth-order valence-corrected chi connectivity index (χ4v) is 6.45.